The Labute approximate surface area is 120 Å². The summed E-state index contributed by atoms with van der Waals surface area (Å²) in [5.74, 6) is 1.84. The quantitative estimate of drug-likeness (QED) is 0.903. The summed E-state index contributed by atoms with van der Waals surface area (Å²) in [7, 11) is 0. The van der Waals surface area contributed by atoms with Crippen molar-refractivity contribution in [2.45, 2.75) is 45.1 Å². The van der Waals surface area contributed by atoms with E-state index in [0.29, 0.717) is 0 Å². The second kappa shape index (κ2) is 4.99. The molecule has 1 aromatic carbocycles. The Morgan fingerprint density at radius 3 is 2.53 bits per heavy atom. The molecular weight excluding hydrogens is 258 g/mol. The monoisotopic (exact) mass is 279 g/mol. The molecule has 0 bridgehead atoms. The molecule has 2 nitrogen and oxygen atoms in total. The Morgan fingerprint density at radius 2 is 2.00 bits per heavy atom. The molecule has 1 atom stereocenters. The Morgan fingerprint density at radius 1 is 1.32 bits per heavy atom. The van der Waals surface area contributed by atoms with Crippen LogP contribution in [0.5, 0.6) is 5.75 Å². The maximum atomic E-state index is 6.41. The van der Waals surface area contributed by atoms with Crippen molar-refractivity contribution < 1.29 is 4.74 Å². The summed E-state index contributed by atoms with van der Waals surface area (Å²) in [6.07, 6.45) is 4.89. The fraction of sp³-hybridized carbons (Fsp3) is 0.625. The predicted molar refractivity (Wildman–Crippen MR) is 79.1 cm³/mol. The van der Waals surface area contributed by atoms with Gasteiger partial charge in [0.15, 0.2) is 0 Å². The van der Waals surface area contributed by atoms with Gasteiger partial charge >= 0.3 is 0 Å². The zero-order chi connectivity index (χ0) is 13.5. The standard InChI is InChI=1S/C16H22ClNO/c1-11-7-14(17)8-12(2)15(11)19-16(4-5-16)9-13-3-6-18-10-13/h7-8,13,18H,3-6,9-10H2,1-2H3. The number of hydrogen-bond acceptors (Lipinski definition) is 2. The van der Waals surface area contributed by atoms with Crippen molar-refractivity contribution >= 4 is 11.6 Å². The van der Waals surface area contributed by atoms with Gasteiger partial charge in [0.05, 0.1) is 0 Å². The summed E-state index contributed by atoms with van der Waals surface area (Å²) < 4.78 is 6.41. The van der Waals surface area contributed by atoms with E-state index in [4.69, 9.17) is 16.3 Å². The van der Waals surface area contributed by atoms with Crippen LogP contribution in [0.4, 0.5) is 0 Å². The zero-order valence-electron chi connectivity index (χ0n) is 11.8. The van der Waals surface area contributed by atoms with Crippen molar-refractivity contribution in [2.75, 3.05) is 13.1 Å². The third-order valence-electron chi connectivity index (χ3n) is 4.37. The highest BCUT2D eigenvalue weighted by molar-refractivity contribution is 6.30. The van der Waals surface area contributed by atoms with Gasteiger partial charge in [0.2, 0.25) is 0 Å². The van der Waals surface area contributed by atoms with Crippen LogP contribution in [0.3, 0.4) is 0 Å². The number of nitrogens with one attached hydrogen (secondary N) is 1. The lowest BCUT2D eigenvalue weighted by atomic mass is 9.99. The van der Waals surface area contributed by atoms with Gasteiger partial charge in [-0.2, -0.15) is 0 Å². The lowest BCUT2D eigenvalue weighted by Gasteiger charge is -2.23. The van der Waals surface area contributed by atoms with Crippen LogP contribution in [0.15, 0.2) is 12.1 Å². The first kappa shape index (κ1) is 13.3. The van der Waals surface area contributed by atoms with Gasteiger partial charge in [0, 0.05) is 5.02 Å². The Bertz CT molecular complexity index is 453. The van der Waals surface area contributed by atoms with E-state index in [9.17, 15) is 0 Å². The summed E-state index contributed by atoms with van der Waals surface area (Å²) in [6, 6.07) is 3.99. The maximum absolute atomic E-state index is 6.41. The molecule has 19 heavy (non-hydrogen) atoms. The third kappa shape index (κ3) is 2.90. The predicted octanol–water partition coefficient (Wildman–Crippen LogP) is 3.87. The van der Waals surface area contributed by atoms with Gasteiger partial charge in [-0.05, 0) is 81.8 Å². The van der Waals surface area contributed by atoms with Crippen LogP contribution in [0.2, 0.25) is 5.02 Å². The van der Waals surface area contributed by atoms with E-state index in [0.717, 1.165) is 34.4 Å². The average molecular weight is 280 g/mol. The van der Waals surface area contributed by atoms with E-state index in [2.05, 4.69) is 19.2 Å². The molecule has 3 heteroatoms. The van der Waals surface area contributed by atoms with Gasteiger partial charge in [-0.1, -0.05) is 11.6 Å². The molecule has 0 aromatic heterocycles. The number of benzene rings is 1. The van der Waals surface area contributed by atoms with Crippen molar-refractivity contribution in [3.05, 3.63) is 28.3 Å². The maximum Gasteiger partial charge on any atom is 0.126 e. The largest absolute Gasteiger partial charge is 0.487 e. The number of rotatable bonds is 4. The number of ether oxygens (including phenoxy) is 1. The second-order valence-electron chi connectivity index (χ2n) is 6.22. The zero-order valence-corrected chi connectivity index (χ0v) is 12.5. The molecule has 1 saturated carbocycles. The highest BCUT2D eigenvalue weighted by Gasteiger charge is 2.47. The highest BCUT2D eigenvalue weighted by atomic mass is 35.5. The van der Waals surface area contributed by atoms with Crippen LogP contribution in [0.1, 0.15) is 36.8 Å². The van der Waals surface area contributed by atoms with E-state index in [1.807, 2.05) is 12.1 Å². The van der Waals surface area contributed by atoms with Crippen LogP contribution < -0.4 is 10.1 Å². The lowest BCUT2D eigenvalue weighted by Crippen LogP contribution is -2.24. The smallest absolute Gasteiger partial charge is 0.126 e. The molecule has 1 aliphatic carbocycles. The van der Waals surface area contributed by atoms with Gasteiger partial charge < -0.3 is 10.1 Å². The van der Waals surface area contributed by atoms with Gasteiger partial charge in [-0.3, -0.25) is 0 Å². The molecule has 1 aromatic rings. The minimum atomic E-state index is 0.111. The third-order valence-corrected chi connectivity index (χ3v) is 4.59. The minimum Gasteiger partial charge on any atom is -0.487 e. The van der Waals surface area contributed by atoms with Crippen LogP contribution in [0.25, 0.3) is 0 Å². The Balaban J connectivity index is 1.74. The average Bonchev–Trinajstić information content (AvgIpc) is 2.88. The molecule has 0 radical (unpaired) electrons. The van der Waals surface area contributed by atoms with E-state index >= 15 is 0 Å². The Kier molecular flexibility index (Phi) is 3.48. The summed E-state index contributed by atoms with van der Waals surface area (Å²) in [6.45, 7) is 6.49. The van der Waals surface area contributed by atoms with Crippen LogP contribution >= 0.6 is 11.6 Å². The fourth-order valence-electron chi connectivity index (χ4n) is 3.18. The fourth-order valence-corrected chi connectivity index (χ4v) is 3.50. The first-order valence-corrected chi connectivity index (χ1v) is 7.62. The molecular formula is C16H22ClNO. The first-order chi connectivity index (χ1) is 9.08. The van der Waals surface area contributed by atoms with Crippen LogP contribution in [-0.2, 0) is 0 Å². The number of halogens is 1. The van der Waals surface area contributed by atoms with Crippen molar-refractivity contribution in [3.63, 3.8) is 0 Å². The molecule has 1 N–H and O–H groups in total. The molecule has 3 rings (SSSR count). The van der Waals surface area contributed by atoms with E-state index in [1.165, 1.54) is 32.2 Å². The lowest BCUT2D eigenvalue weighted by molar-refractivity contribution is 0.146. The molecule has 2 aliphatic rings. The van der Waals surface area contributed by atoms with Crippen molar-refractivity contribution in [2.24, 2.45) is 5.92 Å². The molecule has 104 valence electrons. The van der Waals surface area contributed by atoms with Crippen LogP contribution in [0, 0.1) is 19.8 Å². The summed E-state index contributed by atoms with van der Waals surface area (Å²) in [4.78, 5) is 0. The molecule has 1 heterocycles. The second-order valence-corrected chi connectivity index (χ2v) is 6.65. The van der Waals surface area contributed by atoms with E-state index < -0.39 is 0 Å². The van der Waals surface area contributed by atoms with E-state index in [1.54, 1.807) is 0 Å². The first-order valence-electron chi connectivity index (χ1n) is 7.24. The van der Waals surface area contributed by atoms with Crippen molar-refractivity contribution in [1.29, 1.82) is 0 Å². The Hall–Kier alpha value is -0.730. The molecule has 1 unspecified atom stereocenters. The summed E-state index contributed by atoms with van der Waals surface area (Å²) in [5, 5.41) is 4.24. The highest BCUT2D eigenvalue weighted by Crippen LogP contribution is 2.47. The van der Waals surface area contributed by atoms with E-state index in [-0.39, 0.29) is 5.60 Å². The summed E-state index contributed by atoms with van der Waals surface area (Å²) >= 11 is 6.08. The van der Waals surface area contributed by atoms with Gasteiger partial charge in [0.25, 0.3) is 0 Å². The minimum absolute atomic E-state index is 0.111. The summed E-state index contributed by atoms with van der Waals surface area (Å²) in [5.41, 5.74) is 2.42. The molecule has 2 fully saturated rings. The SMILES string of the molecule is Cc1cc(Cl)cc(C)c1OC1(CC2CCNC2)CC1. The number of hydrogen-bond donors (Lipinski definition) is 1. The van der Waals surface area contributed by atoms with Gasteiger partial charge in [-0.25, -0.2) is 0 Å². The molecule has 0 amide bonds. The topological polar surface area (TPSA) is 21.3 Å². The molecule has 1 aliphatic heterocycles. The van der Waals surface area contributed by atoms with Gasteiger partial charge in [-0.15, -0.1) is 0 Å². The molecule has 1 saturated heterocycles. The van der Waals surface area contributed by atoms with Crippen LogP contribution in [-0.4, -0.2) is 18.7 Å². The van der Waals surface area contributed by atoms with Crippen molar-refractivity contribution in [3.8, 4) is 5.75 Å². The van der Waals surface area contributed by atoms with Gasteiger partial charge in [0.1, 0.15) is 11.4 Å². The normalized spacial score (nSPS) is 24.5. The number of aryl methyl sites for hydroxylation is 2. The van der Waals surface area contributed by atoms with Crippen molar-refractivity contribution in [1.82, 2.24) is 5.32 Å². The molecule has 0 spiro atoms.